The highest BCUT2D eigenvalue weighted by atomic mass is 19.1. The van der Waals surface area contributed by atoms with Crippen LogP contribution >= 0.6 is 0 Å². The maximum atomic E-state index is 14.0. The Hall–Kier alpha value is -2.95. The van der Waals surface area contributed by atoms with Crippen LogP contribution in [0.4, 0.5) is 15.8 Å². The summed E-state index contributed by atoms with van der Waals surface area (Å²) in [6.45, 7) is 5.57. The third-order valence-corrected chi connectivity index (χ3v) is 5.35. The highest BCUT2D eigenvalue weighted by Crippen LogP contribution is 2.32. The second-order valence-corrected chi connectivity index (χ2v) is 7.50. The van der Waals surface area contributed by atoms with Gasteiger partial charge >= 0.3 is 0 Å². The Kier molecular flexibility index (Phi) is 4.99. The van der Waals surface area contributed by atoms with Gasteiger partial charge in [-0.3, -0.25) is 9.78 Å². The summed E-state index contributed by atoms with van der Waals surface area (Å²) in [5.74, 6) is -0.397. The molecule has 4 rings (SSSR count). The summed E-state index contributed by atoms with van der Waals surface area (Å²) in [5.41, 5.74) is 4.89. The van der Waals surface area contributed by atoms with Crippen molar-refractivity contribution in [2.24, 2.45) is 0 Å². The van der Waals surface area contributed by atoms with Crippen LogP contribution < -0.4 is 5.32 Å². The number of benzene rings is 2. The van der Waals surface area contributed by atoms with Crippen LogP contribution in [0.1, 0.15) is 40.7 Å². The number of pyridine rings is 1. The van der Waals surface area contributed by atoms with E-state index in [-0.39, 0.29) is 11.7 Å². The Morgan fingerprint density at radius 3 is 2.61 bits per heavy atom. The minimum absolute atomic E-state index is 0.0503. The first kappa shape index (κ1) is 18.4. The fourth-order valence-corrected chi connectivity index (χ4v) is 3.82. The lowest BCUT2D eigenvalue weighted by molar-refractivity contribution is 0.0725. The summed E-state index contributed by atoms with van der Waals surface area (Å²) in [6, 6.07) is 10.6. The van der Waals surface area contributed by atoms with Gasteiger partial charge in [0.1, 0.15) is 5.82 Å². The van der Waals surface area contributed by atoms with E-state index in [2.05, 4.69) is 16.4 Å². The molecule has 4 nitrogen and oxygen atoms in total. The number of halogens is 1. The third kappa shape index (κ3) is 3.57. The lowest BCUT2D eigenvalue weighted by Crippen LogP contribution is -2.36. The average Bonchev–Trinajstić information content (AvgIpc) is 2.70. The number of carbonyl (C=O) groups excluding carboxylic acids is 1. The first-order chi connectivity index (χ1) is 13.5. The molecular formula is C23H24FN3O. The van der Waals surface area contributed by atoms with E-state index in [0.717, 1.165) is 43.6 Å². The fourth-order valence-electron chi connectivity index (χ4n) is 3.82. The number of aromatic nitrogens is 1. The van der Waals surface area contributed by atoms with Crippen molar-refractivity contribution < 1.29 is 9.18 Å². The highest BCUT2D eigenvalue weighted by Gasteiger charge is 2.23. The molecule has 1 aromatic heterocycles. The Labute approximate surface area is 164 Å². The van der Waals surface area contributed by atoms with Gasteiger partial charge < -0.3 is 10.2 Å². The lowest BCUT2D eigenvalue weighted by atomic mass is 10.0. The number of fused-ring (bicyclic) bond motifs is 1. The van der Waals surface area contributed by atoms with Crippen LogP contribution in [0.5, 0.6) is 0 Å². The van der Waals surface area contributed by atoms with E-state index < -0.39 is 0 Å². The van der Waals surface area contributed by atoms with Crippen molar-refractivity contribution in [2.75, 3.05) is 18.4 Å². The molecule has 1 fully saturated rings. The van der Waals surface area contributed by atoms with Gasteiger partial charge in [0.05, 0.1) is 16.8 Å². The third-order valence-electron chi connectivity index (χ3n) is 5.35. The average molecular weight is 377 g/mol. The molecule has 0 spiro atoms. The number of hydrogen-bond donors (Lipinski definition) is 1. The molecule has 1 N–H and O–H groups in total. The van der Waals surface area contributed by atoms with Gasteiger partial charge in [-0.2, -0.15) is 0 Å². The number of nitrogens with one attached hydrogen (secondary N) is 1. The van der Waals surface area contributed by atoms with Gasteiger partial charge in [-0.05, 0) is 62.9 Å². The van der Waals surface area contributed by atoms with E-state index in [4.69, 9.17) is 0 Å². The number of likely N-dealkylation sites (tertiary alicyclic amines) is 1. The monoisotopic (exact) mass is 377 g/mol. The van der Waals surface area contributed by atoms with Crippen molar-refractivity contribution in [3.05, 3.63) is 65.1 Å². The minimum Gasteiger partial charge on any atom is -0.354 e. The van der Waals surface area contributed by atoms with Gasteiger partial charge in [0.2, 0.25) is 0 Å². The zero-order valence-corrected chi connectivity index (χ0v) is 16.3. The molecule has 0 aliphatic carbocycles. The summed E-state index contributed by atoms with van der Waals surface area (Å²) in [5, 5.41) is 4.02. The van der Waals surface area contributed by atoms with Gasteiger partial charge in [0.15, 0.2) is 0 Å². The molecule has 1 amide bonds. The van der Waals surface area contributed by atoms with Gasteiger partial charge in [0, 0.05) is 30.4 Å². The summed E-state index contributed by atoms with van der Waals surface area (Å²) < 4.78 is 14.0. The maximum absolute atomic E-state index is 14.0. The van der Waals surface area contributed by atoms with Gasteiger partial charge in [-0.25, -0.2) is 4.39 Å². The number of piperidine rings is 1. The summed E-state index contributed by atoms with van der Waals surface area (Å²) in [6.07, 6.45) is 4.80. The Bertz CT molecular complexity index is 1040. The number of hydrogen-bond acceptors (Lipinski definition) is 3. The van der Waals surface area contributed by atoms with Crippen LogP contribution in [-0.2, 0) is 0 Å². The molecule has 5 heteroatoms. The van der Waals surface area contributed by atoms with Crippen LogP contribution in [0.15, 0.2) is 42.6 Å². The van der Waals surface area contributed by atoms with Gasteiger partial charge in [0.25, 0.3) is 5.91 Å². The molecule has 2 aromatic carbocycles. The number of carbonyl (C=O) groups is 1. The number of aryl methyl sites for hydroxylation is 2. The molecular weight excluding hydrogens is 353 g/mol. The molecule has 0 saturated carbocycles. The zero-order valence-electron chi connectivity index (χ0n) is 16.3. The molecule has 28 heavy (non-hydrogen) atoms. The molecule has 1 saturated heterocycles. The van der Waals surface area contributed by atoms with Crippen LogP contribution in [0, 0.1) is 19.7 Å². The van der Waals surface area contributed by atoms with E-state index in [1.165, 1.54) is 17.7 Å². The normalized spacial score (nSPS) is 14.3. The van der Waals surface area contributed by atoms with Crippen LogP contribution in [0.25, 0.3) is 10.9 Å². The van der Waals surface area contributed by atoms with Crippen molar-refractivity contribution in [3.8, 4) is 0 Å². The molecule has 0 unspecified atom stereocenters. The van der Waals surface area contributed by atoms with Gasteiger partial charge in [-0.15, -0.1) is 0 Å². The van der Waals surface area contributed by atoms with Crippen molar-refractivity contribution in [1.29, 1.82) is 0 Å². The predicted molar refractivity (Wildman–Crippen MR) is 111 cm³/mol. The highest BCUT2D eigenvalue weighted by molar-refractivity contribution is 6.08. The number of amides is 1. The number of nitrogens with zero attached hydrogens (tertiary/aromatic N) is 2. The van der Waals surface area contributed by atoms with Crippen molar-refractivity contribution >= 4 is 28.2 Å². The Morgan fingerprint density at radius 1 is 1.07 bits per heavy atom. The van der Waals surface area contributed by atoms with E-state index >= 15 is 0 Å². The molecule has 2 heterocycles. The molecule has 0 radical (unpaired) electrons. The molecule has 1 aliphatic rings. The molecule has 3 aromatic rings. The largest absolute Gasteiger partial charge is 0.354 e. The van der Waals surface area contributed by atoms with E-state index in [0.29, 0.717) is 22.2 Å². The first-order valence-corrected chi connectivity index (χ1v) is 9.75. The molecule has 144 valence electrons. The Balaban J connectivity index is 1.84. The first-order valence-electron chi connectivity index (χ1n) is 9.75. The topological polar surface area (TPSA) is 45.2 Å². The molecule has 1 aliphatic heterocycles. The lowest BCUT2D eigenvalue weighted by Gasteiger charge is -2.28. The number of rotatable bonds is 3. The number of anilines is 2. The zero-order chi connectivity index (χ0) is 19.7. The van der Waals surface area contributed by atoms with Crippen molar-refractivity contribution in [2.45, 2.75) is 33.1 Å². The summed E-state index contributed by atoms with van der Waals surface area (Å²) in [7, 11) is 0. The van der Waals surface area contributed by atoms with E-state index in [9.17, 15) is 9.18 Å². The molecule has 0 atom stereocenters. The maximum Gasteiger partial charge on any atom is 0.257 e. The molecule has 0 bridgehead atoms. The second-order valence-electron chi connectivity index (χ2n) is 7.50. The quantitative estimate of drug-likeness (QED) is 0.668. The van der Waals surface area contributed by atoms with Gasteiger partial charge in [-0.1, -0.05) is 17.7 Å². The van der Waals surface area contributed by atoms with Crippen LogP contribution in [0.3, 0.4) is 0 Å². The fraction of sp³-hybridized carbons (Fsp3) is 0.304. The minimum atomic E-state index is -0.347. The van der Waals surface area contributed by atoms with E-state index in [1.54, 1.807) is 12.3 Å². The predicted octanol–water partition coefficient (Wildman–Crippen LogP) is 5.36. The van der Waals surface area contributed by atoms with Crippen LogP contribution in [-0.4, -0.2) is 28.9 Å². The standard InChI is InChI=1S/C23H24FN3O/c1-15-6-8-20(16(2)12-15)26-22-18-13-17(24)7-9-21(18)25-14-19(22)23(28)27-10-4-3-5-11-27/h6-9,12-14H,3-5,10-11H2,1-2H3,(H,25,26). The summed E-state index contributed by atoms with van der Waals surface area (Å²) in [4.78, 5) is 19.5. The van der Waals surface area contributed by atoms with Crippen LogP contribution in [0.2, 0.25) is 0 Å². The van der Waals surface area contributed by atoms with Crippen molar-refractivity contribution in [3.63, 3.8) is 0 Å². The Morgan fingerprint density at radius 2 is 1.86 bits per heavy atom. The SMILES string of the molecule is Cc1ccc(Nc2c(C(=O)N3CCCCC3)cnc3ccc(F)cc23)c(C)c1. The smallest absolute Gasteiger partial charge is 0.257 e. The van der Waals surface area contributed by atoms with E-state index in [1.807, 2.05) is 30.9 Å². The van der Waals surface area contributed by atoms with Crippen molar-refractivity contribution in [1.82, 2.24) is 9.88 Å². The summed E-state index contributed by atoms with van der Waals surface area (Å²) >= 11 is 0. The second kappa shape index (κ2) is 7.58.